The molecule has 0 aromatic heterocycles. The summed E-state index contributed by atoms with van der Waals surface area (Å²) >= 11 is 0. The van der Waals surface area contributed by atoms with Gasteiger partial charge >= 0.3 is 0 Å². The van der Waals surface area contributed by atoms with Gasteiger partial charge in [-0.2, -0.15) is 0 Å². The molecule has 10 heteroatoms. The minimum absolute atomic E-state index is 0.0881. The molecule has 4 amide bonds. The van der Waals surface area contributed by atoms with Gasteiger partial charge in [0.2, 0.25) is 23.6 Å². The van der Waals surface area contributed by atoms with E-state index in [2.05, 4.69) is 16.0 Å². The Bertz CT molecular complexity index is 1360. The summed E-state index contributed by atoms with van der Waals surface area (Å²) in [6, 6.07) is 13.7. The molecule has 2 heterocycles. The predicted octanol–water partition coefficient (Wildman–Crippen LogP) is 3.83. The van der Waals surface area contributed by atoms with Crippen LogP contribution in [0.1, 0.15) is 74.5 Å². The molecule has 1 aliphatic carbocycles. The first kappa shape index (κ1) is 34.4. The van der Waals surface area contributed by atoms with Crippen molar-refractivity contribution < 1.29 is 28.7 Å². The maximum absolute atomic E-state index is 13.9. The third kappa shape index (κ3) is 11.1. The summed E-state index contributed by atoms with van der Waals surface area (Å²) in [7, 11) is 0. The van der Waals surface area contributed by atoms with Crippen molar-refractivity contribution in [2.45, 2.75) is 89.8 Å². The fraction of sp³-hybridized carbons (Fsp3) is 0.568. The number of aryl methyl sites for hydroxylation is 2. The fourth-order valence-electron chi connectivity index (χ4n) is 6.30. The third-order valence-electron chi connectivity index (χ3n) is 9.51. The Balaban J connectivity index is 1.33. The van der Waals surface area contributed by atoms with E-state index in [0.29, 0.717) is 39.1 Å². The molecular weight excluding hydrogens is 596 g/mol. The van der Waals surface area contributed by atoms with Gasteiger partial charge in [-0.25, -0.2) is 0 Å². The van der Waals surface area contributed by atoms with Crippen molar-refractivity contribution in [3.8, 4) is 5.75 Å². The Morgan fingerprint density at radius 2 is 1.83 bits per heavy atom. The minimum Gasteiger partial charge on any atom is -0.494 e. The van der Waals surface area contributed by atoms with Crippen molar-refractivity contribution in [2.75, 3.05) is 32.9 Å². The third-order valence-corrected chi connectivity index (χ3v) is 9.51. The van der Waals surface area contributed by atoms with Gasteiger partial charge in [-0.3, -0.25) is 19.2 Å². The second-order valence-electron chi connectivity index (χ2n) is 13.3. The van der Waals surface area contributed by atoms with Crippen LogP contribution in [0.25, 0.3) is 0 Å². The lowest BCUT2D eigenvalue weighted by molar-refractivity contribution is -0.138. The lowest BCUT2D eigenvalue weighted by Gasteiger charge is -2.34. The number of fused-ring (bicyclic) bond motifs is 4. The Labute approximate surface area is 278 Å². The van der Waals surface area contributed by atoms with Crippen LogP contribution < -0.4 is 20.7 Å². The number of hydrogen-bond acceptors (Lipinski definition) is 6. The van der Waals surface area contributed by atoms with Gasteiger partial charge in [-0.05, 0) is 86.1 Å². The van der Waals surface area contributed by atoms with Crippen LogP contribution in [-0.4, -0.2) is 73.5 Å². The van der Waals surface area contributed by atoms with E-state index in [1.165, 1.54) is 12.8 Å². The quantitative estimate of drug-likeness (QED) is 0.337. The number of carbonyl (C=O) groups is 4. The van der Waals surface area contributed by atoms with Crippen LogP contribution in [0.5, 0.6) is 5.75 Å². The number of hydrogen-bond donors (Lipinski definition) is 3. The van der Waals surface area contributed by atoms with Gasteiger partial charge in [0.15, 0.2) is 0 Å². The summed E-state index contributed by atoms with van der Waals surface area (Å²) in [5.74, 6) is 0.343. The standard InChI is InChI=1S/C37H50N4O6/c1-26-9-13-31-22-30(26)24-38-36(44)32(14-12-27-6-3-2-4-7-27)40-37(45)33(39-34(42)17-20-46-19-15-28-10-11-28)23-35(43)41-18-5-8-29(25-41)16-21-47-31/h2-4,6-7,9,13,22,28-29,32-33H,5,8,10-12,14-21,23-25H2,1H3,(H,38,44)(H,39,42)(H,40,45)/t29?,32-,33-/m0/s1. The van der Waals surface area contributed by atoms with Gasteiger partial charge in [0, 0.05) is 32.7 Å². The molecule has 3 N–H and O–H groups in total. The molecule has 0 spiro atoms. The van der Waals surface area contributed by atoms with Gasteiger partial charge in [0.1, 0.15) is 17.8 Å². The number of nitrogens with zero attached hydrogens (tertiary/aromatic N) is 1. The summed E-state index contributed by atoms with van der Waals surface area (Å²) in [6.07, 6.45) is 6.98. The van der Waals surface area contributed by atoms with E-state index in [4.69, 9.17) is 9.47 Å². The van der Waals surface area contributed by atoms with Crippen molar-refractivity contribution in [1.29, 1.82) is 0 Å². The zero-order valence-corrected chi connectivity index (χ0v) is 27.6. The molecule has 2 aliphatic heterocycles. The van der Waals surface area contributed by atoms with Crippen LogP contribution in [-0.2, 0) is 36.9 Å². The monoisotopic (exact) mass is 646 g/mol. The highest BCUT2D eigenvalue weighted by atomic mass is 16.5. The second-order valence-corrected chi connectivity index (χ2v) is 13.3. The average Bonchev–Trinajstić information content (AvgIpc) is 3.91. The number of amides is 4. The van der Waals surface area contributed by atoms with E-state index < -0.39 is 18.0 Å². The SMILES string of the molecule is Cc1ccc2cc1CNC(=O)[C@H](CCc1ccccc1)NC(=O)[C@@H](NC(=O)CCOCCC1CC1)CC(=O)N1CCCC(CCO2)C1. The first-order valence-electron chi connectivity index (χ1n) is 17.3. The Morgan fingerprint density at radius 3 is 2.64 bits per heavy atom. The highest BCUT2D eigenvalue weighted by Crippen LogP contribution is 2.32. The molecule has 254 valence electrons. The number of nitrogens with one attached hydrogen (secondary N) is 3. The average molecular weight is 647 g/mol. The number of benzene rings is 2. The maximum Gasteiger partial charge on any atom is 0.243 e. The van der Waals surface area contributed by atoms with Crippen molar-refractivity contribution in [1.82, 2.24) is 20.9 Å². The van der Waals surface area contributed by atoms with Gasteiger partial charge in [0.25, 0.3) is 0 Å². The Hall–Kier alpha value is -3.92. The minimum atomic E-state index is -1.12. The summed E-state index contributed by atoms with van der Waals surface area (Å²) in [5.41, 5.74) is 3.00. The van der Waals surface area contributed by atoms with Crippen LogP contribution in [0.3, 0.4) is 0 Å². The molecule has 1 saturated carbocycles. The summed E-state index contributed by atoms with van der Waals surface area (Å²) in [4.78, 5) is 55.9. The molecule has 1 unspecified atom stereocenters. The number of piperidine rings is 1. The topological polar surface area (TPSA) is 126 Å². The van der Waals surface area contributed by atoms with Gasteiger partial charge in [-0.15, -0.1) is 0 Å². The van der Waals surface area contributed by atoms with Crippen LogP contribution in [0.15, 0.2) is 48.5 Å². The maximum atomic E-state index is 13.9. The molecule has 3 atom stereocenters. The van der Waals surface area contributed by atoms with E-state index in [1.54, 1.807) is 4.90 Å². The first-order chi connectivity index (χ1) is 22.8. The van der Waals surface area contributed by atoms with Crippen molar-refractivity contribution >= 4 is 23.6 Å². The Kier molecular flexibility index (Phi) is 12.7. The smallest absolute Gasteiger partial charge is 0.243 e. The van der Waals surface area contributed by atoms with Crippen molar-refractivity contribution in [2.24, 2.45) is 11.8 Å². The molecule has 3 aliphatic rings. The normalized spacial score (nSPS) is 22.7. The molecule has 2 aromatic carbocycles. The van der Waals surface area contributed by atoms with E-state index in [1.807, 2.05) is 55.5 Å². The Morgan fingerprint density at radius 1 is 1.00 bits per heavy atom. The van der Waals surface area contributed by atoms with E-state index in [9.17, 15) is 19.2 Å². The molecule has 0 radical (unpaired) electrons. The van der Waals surface area contributed by atoms with Crippen LogP contribution in [0.4, 0.5) is 0 Å². The molecule has 47 heavy (non-hydrogen) atoms. The van der Waals surface area contributed by atoms with Crippen molar-refractivity contribution in [3.05, 3.63) is 65.2 Å². The molecule has 5 rings (SSSR count). The zero-order valence-electron chi connectivity index (χ0n) is 27.6. The van der Waals surface area contributed by atoms with E-state index in [0.717, 1.165) is 54.0 Å². The summed E-state index contributed by atoms with van der Waals surface area (Å²) < 4.78 is 11.8. The largest absolute Gasteiger partial charge is 0.494 e. The summed E-state index contributed by atoms with van der Waals surface area (Å²) in [5, 5.41) is 8.70. The van der Waals surface area contributed by atoms with Gasteiger partial charge < -0.3 is 30.3 Å². The van der Waals surface area contributed by atoms with Crippen molar-refractivity contribution in [3.63, 3.8) is 0 Å². The number of rotatable bonds is 10. The van der Waals surface area contributed by atoms with Crippen LogP contribution >= 0.6 is 0 Å². The van der Waals surface area contributed by atoms with Gasteiger partial charge in [0.05, 0.1) is 19.6 Å². The number of carbonyl (C=O) groups excluding carboxylic acids is 4. The highest BCUT2D eigenvalue weighted by Gasteiger charge is 2.32. The van der Waals surface area contributed by atoms with E-state index in [-0.39, 0.29) is 49.6 Å². The molecule has 2 fully saturated rings. The lowest BCUT2D eigenvalue weighted by Crippen LogP contribution is -2.55. The first-order valence-corrected chi connectivity index (χ1v) is 17.3. The molecule has 10 nitrogen and oxygen atoms in total. The van der Waals surface area contributed by atoms with E-state index >= 15 is 0 Å². The summed E-state index contributed by atoms with van der Waals surface area (Å²) in [6.45, 7) is 4.84. The molecule has 1 saturated heterocycles. The predicted molar refractivity (Wildman–Crippen MR) is 178 cm³/mol. The fourth-order valence-corrected chi connectivity index (χ4v) is 6.30. The molecular formula is C37H50N4O6. The van der Waals surface area contributed by atoms with Crippen LogP contribution in [0.2, 0.25) is 0 Å². The zero-order chi connectivity index (χ0) is 33.0. The lowest BCUT2D eigenvalue weighted by atomic mass is 9.94. The van der Waals surface area contributed by atoms with Crippen LogP contribution in [0, 0.1) is 18.8 Å². The van der Waals surface area contributed by atoms with Gasteiger partial charge in [-0.1, -0.05) is 49.2 Å². The second kappa shape index (κ2) is 17.3. The molecule has 2 aromatic rings. The number of ether oxygens (including phenoxy) is 2. The highest BCUT2D eigenvalue weighted by molar-refractivity contribution is 5.95. The molecule has 4 bridgehead atoms.